The minimum Gasteiger partial charge on any atom is -0.369 e. The van der Waals surface area contributed by atoms with Gasteiger partial charge in [-0.3, -0.25) is 10.1 Å². The van der Waals surface area contributed by atoms with Crippen LogP contribution in [0.5, 0.6) is 0 Å². The molecular weight excluding hydrogens is 410 g/mol. The summed E-state index contributed by atoms with van der Waals surface area (Å²) in [6.07, 6.45) is 0. The van der Waals surface area contributed by atoms with Crippen molar-refractivity contribution < 1.29 is 13.2 Å². The van der Waals surface area contributed by atoms with Crippen LogP contribution in [0.2, 0.25) is 0 Å². The Morgan fingerprint density at radius 1 is 1.00 bits per heavy atom. The number of carbonyl (C=O) groups is 1. The molecule has 0 aliphatic carbocycles. The predicted molar refractivity (Wildman–Crippen MR) is 112 cm³/mol. The van der Waals surface area contributed by atoms with Crippen LogP contribution in [0.1, 0.15) is 10.4 Å². The van der Waals surface area contributed by atoms with Crippen LogP contribution >= 0.6 is 11.3 Å². The van der Waals surface area contributed by atoms with Crippen LogP contribution in [0, 0.1) is 0 Å². The summed E-state index contributed by atoms with van der Waals surface area (Å²) in [7, 11) is -3.68. The number of aromatic nitrogens is 2. The van der Waals surface area contributed by atoms with Gasteiger partial charge in [0.05, 0.1) is 4.90 Å². The van der Waals surface area contributed by atoms with Crippen molar-refractivity contribution in [1.82, 2.24) is 14.5 Å². The lowest BCUT2D eigenvalue weighted by Crippen LogP contribution is -2.48. The summed E-state index contributed by atoms with van der Waals surface area (Å²) < 4.78 is 27.6. The number of nitrogens with zero attached hydrogens (tertiary/aromatic N) is 4. The Bertz CT molecular complexity index is 1080. The molecule has 1 saturated heterocycles. The summed E-state index contributed by atoms with van der Waals surface area (Å²) in [4.78, 5) is 14.7. The lowest BCUT2D eigenvalue weighted by molar-refractivity contribution is 0.102. The van der Waals surface area contributed by atoms with E-state index in [0.717, 1.165) is 5.69 Å². The first-order valence-corrected chi connectivity index (χ1v) is 11.3. The zero-order valence-electron chi connectivity index (χ0n) is 15.4. The van der Waals surface area contributed by atoms with Crippen LogP contribution in [0.4, 0.5) is 10.8 Å². The fraction of sp³-hybridized carbons (Fsp3) is 0.211. The summed E-state index contributed by atoms with van der Waals surface area (Å²) in [5, 5.41) is 10.4. The molecule has 8 nitrogen and oxygen atoms in total. The van der Waals surface area contributed by atoms with Crippen molar-refractivity contribution in [3.8, 4) is 0 Å². The number of piperazine rings is 1. The van der Waals surface area contributed by atoms with E-state index >= 15 is 0 Å². The van der Waals surface area contributed by atoms with Gasteiger partial charge in [0.1, 0.15) is 5.51 Å². The van der Waals surface area contributed by atoms with Gasteiger partial charge in [-0.05, 0) is 30.3 Å². The first-order chi connectivity index (χ1) is 14.0. The van der Waals surface area contributed by atoms with E-state index in [0.29, 0.717) is 31.3 Å². The third kappa shape index (κ3) is 4.29. The standard InChI is InChI=1S/C19H19N5O3S2/c25-18(21-19-22-20-14-28-19)15-5-4-8-17(13-15)29(26,27)24-11-9-23(10-12-24)16-6-2-1-3-7-16/h1-8,13-14H,9-12H2,(H,21,22,25). The molecule has 1 N–H and O–H groups in total. The molecule has 0 saturated carbocycles. The largest absolute Gasteiger partial charge is 0.369 e. The molecule has 1 fully saturated rings. The highest BCUT2D eigenvalue weighted by atomic mass is 32.2. The lowest BCUT2D eigenvalue weighted by atomic mass is 10.2. The van der Waals surface area contributed by atoms with E-state index in [1.807, 2.05) is 30.3 Å². The molecule has 150 valence electrons. The van der Waals surface area contributed by atoms with E-state index in [1.165, 1.54) is 33.3 Å². The Labute approximate surface area is 172 Å². The number of para-hydroxylation sites is 1. The summed E-state index contributed by atoms with van der Waals surface area (Å²) in [5.41, 5.74) is 2.84. The predicted octanol–water partition coefficient (Wildman–Crippen LogP) is 2.30. The maximum Gasteiger partial charge on any atom is 0.257 e. The molecule has 1 aliphatic heterocycles. The molecule has 0 atom stereocenters. The van der Waals surface area contributed by atoms with E-state index in [1.54, 1.807) is 12.1 Å². The Hall–Kier alpha value is -2.82. The molecule has 0 radical (unpaired) electrons. The molecule has 1 aliphatic rings. The Morgan fingerprint density at radius 2 is 1.76 bits per heavy atom. The third-order valence-corrected chi connectivity index (χ3v) is 7.18. The van der Waals surface area contributed by atoms with Gasteiger partial charge < -0.3 is 4.90 Å². The number of amides is 1. The van der Waals surface area contributed by atoms with Crippen LogP contribution in [-0.2, 0) is 10.0 Å². The van der Waals surface area contributed by atoms with Crippen LogP contribution < -0.4 is 10.2 Å². The highest BCUT2D eigenvalue weighted by Gasteiger charge is 2.29. The Morgan fingerprint density at radius 3 is 2.45 bits per heavy atom. The Balaban J connectivity index is 1.47. The zero-order valence-corrected chi connectivity index (χ0v) is 17.1. The number of hydrogen-bond donors (Lipinski definition) is 1. The minimum atomic E-state index is -3.68. The maximum atomic E-state index is 13.1. The number of nitrogens with one attached hydrogen (secondary N) is 1. The van der Waals surface area contributed by atoms with Crippen molar-refractivity contribution in [2.45, 2.75) is 4.90 Å². The lowest BCUT2D eigenvalue weighted by Gasteiger charge is -2.35. The second-order valence-corrected chi connectivity index (χ2v) is 9.22. The second-order valence-electron chi connectivity index (χ2n) is 6.45. The van der Waals surface area contributed by atoms with Gasteiger partial charge in [-0.2, -0.15) is 4.31 Å². The summed E-state index contributed by atoms with van der Waals surface area (Å²) in [6.45, 7) is 2.00. The molecule has 2 aromatic carbocycles. The summed E-state index contributed by atoms with van der Waals surface area (Å²) >= 11 is 1.19. The molecule has 1 aromatic heterocycles. The normalized spacial score (nSPS) is 15.2. The third-order valence-electron chi connectivity index (χ3n) is 4.67. The number of sulfonamides is 1. The van der Waals surface area contributed by atoms with Gasteiger partial charge in [-0.1, -0.05) is 35.6 Å². The number of anilines is 2. The van der Waals surface area contributed by atoms with Gasteiger partial charge in [0.25, 0.3) is 5.91 Å². The van der Waals surface area contributed by atoms with E-state index in [9.17, 15) is 13.2 Å². The first kappa shape index (κ1) is 19.5. The van der Waals surface area contributed by atoms with E-state index in [4.69, 9.17) is 0 Å². The van der Waals surface area contributed by atoms with E-state index < -0.39 is 15.9 Å². The van der Waals surface area contributed by atoms with Crippen LogP contribution in [0.15, 0.2) is 65.0 Å². The molecule has 2 heterocycles. The summed E-state index contributed by atoms with van der Waals surface area (Å²) in [6, 6.07) is 16.0. The van der Waals surface area contributed by atoms with E-state index in [2.05, 4.69) is 20.4 Å². The average molecular weight is 430 g/mol. The van der Waals surface area contributed by atoms with Gasteiger partial charge >= 0.3 is 0 Å². The fourth-order valence-electron chi connectivity index (χ4n) is 3.17. The van der Waals surface area contributed by atoms with Crippen LogP contribution in [0.25, 0.3) is 0 Å². The molecule has 1 amide bonds. The Kier molecular flexibility index (Phi) is 5.56. The zero-order chi connectivity index (χ0) is 20.3. The average Bonchev–Trinajstić information content (AvgIpc) is 3.27. The van der Waals surface area contributed by atoms with Gasteiger partial charge in [0, 0.05) is 37.4 Å². The second kappa shape index (κ2) is 8.27. The van der Waals surface area contributed by atoms with Crippen molar-refractivity contribution in [1.29, 1.82) is 0 Å². The molecule has 4 rings (SSSR count). The first-order valence-electron chi connectivity index (χ1n) is 9.02. The van der Waals surface area contributed by atoms with E-state index in [-0.39, 0.29) is 10.5 Å². The van der Waals surface area contributed by atoms with Gasteiger partial charge in [0.2, 0.25) is 15.2 Å². The number of rotatable bonds is 5. The van der Waals surface area contributed by atoms with Crippen molar-refractivity contribution >= 4 is 38.1 Å². The van der Waals surface area contributed by atoms with Gasteiger partial charge in [-0.25, -0.2) is 8.42 Å². The fourth-order valence-corrected chi connectivity index (χ4v) is 5.08. The number of benzene rings is 2. The monoisotopic (exact) mass is 429 g/mol. The number of hydrogen-bond acceptors (Lipinski definition) is 7. The van der Waals surface area contributed by atoms with Crippen LogP contribution in [-0.4, -0.2) is 55.0 Å². The highest BCUT2D eigenvalue weighted by molar-refractivity contribution is 7.89. The molecular formula is C19H19N5O3S2. The van der Waals surface area contributed by atoms with Gasteiger partial charge in [-0.15, -0.1) is 10.2 Å². The molecule has 0 unspecified atom stereocenters. The summed E-state index contributed by atoms with van der Waals surface area (Å²) in [5.74, 6) is -0.423. The van der Waals surface area contributed by atoms with Crippen molar-refractivity contribution in [2.24, 2.45) is 0 Å². The van der Waals surface area contributed by atoms with Crippen molar-refractivity contribution in [2.75, 3.05) is 36.4 Å². The highest BCUT2D eigenvalue weighted by Crippen LogP contribution is 2.22. The molecule has 29 heavy (non-hydrogen) atoms. The number of carbonyl (C=O) groups excluding carboxylic acids is 1. The van der Waals surface area contributed by atoms with Crippen molar-refractivity contribution in [3.05, 3.63) is 65.7 Å². The molecule has 3 aromatic rings. The quantitative estimate of drug-likeness (QED) is 0.669. The van der Waals surface area contributed by atoms with Crippen LogP contribution in [0.3, 0.4) is 0 Å². The molecule has 10 heteroatoms. The molecule has 0 bridgehead atoms. The topological polar surface area (TPSA) is 95.5 Å². The smallest absolute Gasteiger partial charge is 0.257 e. The SMILES string of the molecule is O=C(Nc1nncs1)c1cccc(S(=O)(=O)N2CCN(c3ccccc3)CC2)c1. The van der Waals surface area contributed by atoms with Gasteiger partial charge in [0.15, 0.2) is 0 Å². The maximum absolute atomic E-state index is 13.1. The van der Waals surface area contributed by atoms with Crippen molar-refractivity contribution in [3.63, 3.8) is 0 Å². The molecule has 0 spiro atoms. The minimum absolute atomic E-state index is 0.107.